The molecule has 1 aromatic carbocycles. The van der Waals surface area contributed by atoms with E-state index in [4.69, 9.17) is 9.84 Å². The number of sulfonamides is 1. The summed E-state index contributed by atoms with van der Waals surface area (Å²) >= 11 is 0. The van der Waals surface area contributed by atoms with Gasteiger partial charge in [-0.05, 0) is 25.1 Å². The highest BCUT2D eigenvalue weighted by molar-refractivity contribution is 7.89. The topological polar surface area (TPSA) is 95.9 Å². The van der Waals surface area contributed by atoms with E-state index in [9.17, 15) is 17.6 Å². The Morgan fingerprint density at radius 1 is 1.45 bits per heavy atom. The van der Waals surface area contributed by atoms with Crippen molar-refractivity contribution in [3.05, 3.63) is 24.0 Å². The summed E-state index contributed by atoms with van der Waals surface area (Å²) in [5.74, 6) is -1.47. The number of aliphatic hydroxyl groups excluding tert-OH is 1. The molecule has 0 saturated heterocycles. The molecule has 0 spiro atoms. The maximum atomic E-state index is 13.8. The van der Waals surface area contributed by atoms with Gasteiger partial charge in [-0.3, -0.25) is 4.79 Å². The van der Waals surface area contributed by atoms with Crippen LogP contribution < -0.4 is 9.46 Å². The SMILES string of the molecule is C[C@H](O)CNS(=O)(=O)c1ccc(OCC(=O)N(C)C)c(F)c1. The van der Waals surface area contributed by atoms with E-state index in [1.165, 1.54) is 25.9 Å². The van der Waals surface area contributed by atoms with E-state index in [2.05, 4.69) is 4.72 Å². The minimum atomic E-state index is -3.92. The lowest BCUT2D eigenvalue weighted by atomic mass is 10.3. The Morgan fingerprint density at radius 2 is 2.09 bits per heavy atom. The predicted molar refractivity (Wildman–Crippen MR) is 77.5 cm³/mol. The molecule has 124 valence electrons. The first-order chi connectivity index (χ1) is 10.1. The van der Waals surface area contributed by atoms with Crippen LogP contribution in [0.25, 0.3) is 0 Å². The van der Waals surface area contributed by atoms with Gasteiger partial charge in [-0.15, -0.1) is 0 Å². The van der Waals surface area contributed by atoms with Crippen molar-refractivity contribution in [3.8, 4) is 5.75 Å². The van der Waals surface area contributed by atoms with Crippen molar-refractivity contribution >= 4 is 15.9 Å². The van der Waals surface area contributed by atoms with Crippen LogP contribution in [0.5, 0.6) is 5.75 Å². The third-order valence-electron chi connectivity index (χ3n) is 2.63. The van der Waals surface area contributed by atoms with Gasteiger partial charge in [0.2, 0.25) is 10.0 Å². The molecule has 1 rings (SSSR count). The summed E-state index contributed by atoms with van der Waals surface area (Å²) in [6, 6.07) is 3.08. The van der Waals surface area contributed by atoms with Gasteiger partial charge in [-0.2, -0.15) is 0 Å². The van der Waals surface area contributed by atoms with E-state index in [0.29, 0.717) is 0 Å². The summed E-state index contributed by atoms with van der Waals surface area (Å²) < 4.78 is 44.7. The van der Waals surface area contributed by atoms with Crippen molar-refractivity contribution in [1.29, 1.82) is 0 Å². The van der Waals surface area contributed by atoms with Gasteiger partial charge < -0.3 is 14.7 Å². The molecule has 0 bridgehead atoms. The molecule has 22 heavy (non-hydrogen) atoms. The average Bonchev–Trinajstić information content (AvgIpc) is 2.43. The Labute approximate surface area is 128 Å². The van der Waals surface area contributed by atoms with Crippen LogP contribution in [0.3, 0.4) is 0 Å². The second-order valence-corrected chi connectivity index (χ2v) is 6.64. The zero-order valence-electron chi connectivity index (χ0n) is 12.5. The van der Waals surface area contributed by atoms with Crippen LogP contribution in [0.1, 0.15) is 6.92 Å². The van der Waals surface area contributed by atoms with Crippen molar-refractivity contribution in [2.75, 3.05) is 27.2 Å². The highest BCUT2D eigenvalue weighted by Crippen LogP contribution is 2.21. The van der Waals surface area contributed by atoms with Crippen molar-refractivity contribution in [2.24, 2.45) is 0 Å². The van der Waals surface area contributed by atoms with E-state index in [0.717, 1.165) is 18.2 Å². The Kier molecular flexibility index (Phi) is 6.27. The lowest BCUT2D eigenvalue weighted by Gasteiger charge is -2.13. The lowest BCUT2D eigenvalue weighted by Crippen LogP contribution is -2.30. The predicted octanol–water partition coefficient (Wildman–Crippen LogP) is -0.0482. The molecule has 0 aliphatic heterocycles. The fourth-order valence-corrected chi connectivity index (χ4v) is 2.48. The molecule has 1 atom stereocenters. The average molecular weight is 334 g/mol. The second-order valence-electron chi connectivity index (χ2n) is 4.87. The van der Waals surface area contributed by atoms with E-state index >= 15 is 0 Å². The molecule has 0 radical (unpaired) electrons. The second kappa shape index (κ2) is 7.52. The van der Waals surface area contributed by atoms with E-state index in [1.54, 1.807) is 0 Å². The maximum absolute atomic E-state index is 13.8. The highest BCUT2D eigenvalue weighted by atomic mass is 32.2. The van der Waals surface area contributed by atoms with Gasteiger partial charge in [-0.25, -0.2) is 17.5 Å². The van der Waals surface area contributed by atoms with Crippen molar-refractivity contribution in [1.82, 2.24) is 9.62 Å². The number of aliphatic hydroxyl groups is 1. The first-order valence-electron chi connectivity index (χ1n) is 6.43. The number of carbonyl (C=O) groups is 1. The standard InChI is InChI=1S/C13H19FN2O5S/c1-9(17)7-15-22(19,20)10-4-5-12(11(14)6-10)21-8-13(18)16(2)3/h4-6,9,15,17H,7-8H2,1-3H3/t9-/m0/s1. The minimum absolute atomic E-state index is 0.181. The van der Waals surface area contributed by atoms with Crippen molar-refractivity contribution in [3.63, 3.8) is 0 Å². The van der Waals surface area contributed by atoms with Gasteiger partial charge in [0.25, 0.3) is 5.91 Å². The molecule has 0 aliphatic rings. The van der Waals surface area contributed by atoms with E-state index < -0.39 is 21.9 Å². The third kappa shape index (κ3) is 5.24. The first kappa shape index (κ1) is 18.3. The summed E-state index contributed by atoms with van der Waals surface area (Å²) in [5, 5.41) is 9.07. The normalized spacial score (nSPS) is 12.8. The minimum Gasteiger partial charge on any atom is -0.481 e. The third-order valence-corrected chi connectivity index (χ3v) is 4.05. The van der Waals surface area contributed by atoms with Crippen molar-refractivity contribution < 1.29 is 27.4 Å². The molecule has 7 nitrogen and oxygen atoms in total. The maximum Gasteiger partial charge on any atom is 0.259 e. The van der Waals surface area contributed by atoms with Gasteiger partial charge in [0.15, 0.2) is 18.2 Å². The van der Waals surface area contributed by atoms with Crippen LogP contribution in [-0.2, 0) is 14.8 Å². The van der Waals surface area contributed by atoms with E-state index in [-0.39, 0.29) is 29.7 Å². The molecule has 1 aromatic rings. The largest absolute Gasteiger partial charge is 0.481 e. The quantitative estimate of drug-likeness (QED) is 0.729. The number of carbonyl (C=O) groups excluding carboxylic acids is 1. The summed E-state index contributed by atoms with van der Waals surface area (Å²) in [6.07, 6.45) is -0.862. The van der Waals surface area contributed by atoms with Crippen LogP contribution in [-0.4, -0.2) is 57.7 Å². The number of likely N-dealkylation sites (N-methyl/N-ethyl adjacent to an activating group) is 1. The molecule has 9 heteroatoms. The van der Waals surface area contributed by atoms with Crippen LogP contribution in [0.15, 0.2) is 23.1 Å². The molecule has 0 fully saturated rings. The molecule has 2 N–H and O–H groups in total. The lowest BCUT2D eigenvalue weighted by molar-refractivity contribution is -0.130. The Morgan fingerprint density at radius 3 is 2.59 bits per heavy atom. The van der Waals surface area contributed by atoms with Gasteiger partial charge in [0, 0.05) is 20.6 Å². The van der Waals surface area contributed by atoms with Gasteiger partial charge in [0.1, 0.15) is 0 Å². The molecule has 1 amide bonds. The van der Waals surface area contributed by atoms with Gasteiger partial charge in [0.05, 0.1) is 11.0 Å². The molecular weight excluding hydrogens is 315 g/mol. The number of hydrogen-bond acceptors (Lipinski definition) is 5. The number of nitrogens with one attached hydrogen (secondary N) is 1. The summed E-state index contributed by atoms with van der Waals surface area (Å²) in [7, 11) is -0.853. The van der Waals surface area contributed by atoms with Crippen LogP contribution in [0.2, 0.25) is 0 Å². The number of ether oxygens (including phenoxy) is 1. The summed E-state index contributed by atoms with van der Waals surface area (Å²) in [6.45, 7) is 0.887. The molecule has 0 heterocycles. The van der Waals surface area contributed by atoms with Crippen LogP contribution in [0.4, 0.5) is 4.39 Å². The van der Waals surface area contributed by atoms with Gasteiger partial charge in [-0.1, -0.05) is 0 Å². The zero-order valence-corrected chi connectivity index (χ0v) is 13.4. The Hall–Kier alpha value is -1.71. The van der Waals surface area contributed by atoms with Crippen molar-refractivity contribution in [2.45, 2.75) is 17.9 Å². The summed E-state index contributed by atoms with van der Waals surface area (Å²) in [4.78, 5) is 12.3. The molecule has 0 unspecified atom stereocenters. The smallest absolute Gasteiger partial charge is 0.259 e. The molecule has 0 aliphatic carbocycles. The van der Waals surface area contributed by atoms with Crippen LogP contribution >= 0.6 is 0 Å². The monoisotopic (exact) mass is 334 g/mol. The van der Waals surface area contributed by atoms with E-state index in [1.807, 2.05) is 0 Å². The number of benzene rings is 1. The number of nitrogens with zero attached hydrogens (tertiary/aromatic N) is 1. The fraction of sp³-hybridized carbons (Fsp3) is 0.462. The first-order valence-corrected chi connectivity index (χ1v) is 7.92. The number of rotatable bonds is 7. The number of amides is 1. The highest BCUT2D eigenvalue weighted by Gasteiger charge is 2.17. The Balaban J connectivity index is 2.83. The number of halogens is 1. The fourth-order valence-electron chi connectivity index (χ4n) is 1.35. The molecular formula is C13H19FN2O5S. The van der Waals surface area contributed by atoms with Gasteiger partial charge >= 0.3 is 0 Å². The Bertz CT molecular complexity index is 631. The van der Waals surface area contributed by atoms with Crippen LogP contribution in [0, 0.1) is 5.82 Å². The summed E-state index contributed by atoms with van der Waals surface area (Å²) in [5.41, 5.74) is 0. The number of hydrogen-bond donors (Lipinski definition) is 2. The molecule has 0 saturated carbocycles. The zero-order chi connectivity index (χ0) is 16.9. The molecule has 0 aromatic heterocycles.